The Morgan fingerprint density at radius 3 is 2.56 bits per heavy atom. The maximum Gasteiger partial charge on any atom is 0.181 e. The van der Waals surface area contributed by atoms with E-state index in [-0.39, 0.29) is 12.4 Å². The van der Waals surface area contributed by atoms with Gasteiger partial charge in [0.25, 0.3) is 0 Å². The van der Waals surface area contributed by atoms with Crippen molar-refractivity contribution in [1.82, 2.24) is 0 Å². The molecule has 1 aromatic rings. The summed E-state index contributed by atoms with van der Waals surface area (Å²) in [7, 11) is 0. The Morgan fingerprint density at radius 2 is 1.88 bits per heavy atom. The molecular formula is C13H22ClNO. The van der Waals surface area contributed by atoms with E-state index in [1.165, 1.54) is 18.5 Å². The molecule has 0 aliphatic rings. The van der Waals surface area contributed by atoms with Gasteiger partial charge in [0.2, 0.25) is 0 Å². The summed E-state index contributed by atoms with van der Waals surface area (Å²) in [6.45, 7) is 3.63. The van der Waals surface area contributed by atoms with Crippen LogP contribution in [0.2, 0.25) is 0 Å². The summed E-state index contributed by atoms with van der Waals surface area (Å²) < 4.78 is 2.33. The van der Waals surface area contributed by atoms with Crippen LogP contribution in [0.1, 0.15) is 38.3 Å². The zero-order valence-electron chi connectivity index (χ0n) is 10.0. The van der Waals surface area contributed by atoms with Crippen LogP contribution in [0.15, 0.2) is 24.4 Å². The third-order valence-corrected chi connectivity index (χ3v) is 2.70. The number of nitrogens with zero attached hydrogens (tertiary/aromatic N) is 1. The molecule has 1 aromatic heterocycles. The molecule has 0 atom stereocenters. The van der Waals surface area contributed by atoms with Gasteiger partial charge in [-0.05, 0) is 12.8 Å². The number of aromatic nitrogens is 1. The van der Waals surface area contributed by atoms with Gasteiger partial charge in [-0.15, -0.1) is 0 Å². The lowest BCUT2D eigenvalue weighted by atomic mass is 10.2. The van der Waals surface area contributed by atoms with Crippen molar-refractivity contribution in [2.24, 2.45) is 0 Å². The van der Waals surface area contributed by atoms with Crippen molar-refractivity contribution in [2.45, 2.75) is 45.6 Å². The Hall–Kier alpha value is -0.600. The Morgan fingerprint density at radius 1 is 1.12 bits per heavy atom. The van der Waals surface area contributed by atoms with E-state index in [0.717, 1.165) is 25.8 Å². The Kier molecular flexibility index (Phi) is 9.25. The standard InChI is InChI=1S/C13H22NO.ClH/c1-2-13-9-5-7-11-14(13)10-6-3-4-8-12-15;/h5,7,9,11,15H,2-4,6,8,10,12H2,1H3;1H/q+1;/p-1. The normalized spacial score (nSPS) is 9.88. The number of aryl methyl sites for hydroxylation is 2. The van der Waals surface area contributed by atoms with Crippen molar-refractivity contribution in [3.05, 3.63) is 30.1 Å². The predicted octanol–water partition coefficient (Wildman–Crippen LogP) is -0.907. The first kappa shape index (κ1) is 15.4. The van der Waals surface area contributed by atoms with Crippen LogP contribution in [0.4, 0.5) is 0 Å². The number of unbranched alkanes of at least 4 members (excludes halogenated alkanes) is 3. The summed E-state index contributed by atoms with van der Waals surface area (Å²) in [5, 5.41) is 8.66. The topological polar surface area (TPSA) is 24.1 Å². The van der Waals surface area contributed by atoms with Gasteiger partial charge in [-0.3, -0.25) is 0 Å². The molecule has 1 N–H and O–H groups in total. The molecule has 0 fully saturated rings. The number of halogens is 1. The maximum atomic E-state index is 8.66. The number of aliphatic hydroxyl groups is 1. The highest BCUT2D eigenvalue weighted by Gasteiger charge is 2.05. The Bertz CT molecular complexity index is 278. The molecule has 0 radical (unpaired) electrons. The van der Waals surface area contributed by atoms with Crippen LogP contribution in [-0.2, 0) is 13.0 Å². The molecule has 0 unspecified atom stereocenters. The van der Waals surface area contributed by atoms with Gasteiger partial charge >= 0.3 is 0 Å². The first-order valence-corrected chi connectivity index (χ1v) is 5.96. The van der Waals surface area contributed by atoms with E-state index in [9.17, 15) is 0 Å². The van der Waals surface area contributed by atoms with E-state index in [1.807, 2.05) is 0 Å². The van der Waals surface area contributed by atoms with Gasteiger partial charge in [0.15, 0.2) is 11.9 Å². The molecule has 0 spiro atoms. The second kappa shape index (κ2) is 9.61. The molecule has 1 heterocycles. The first-order chi connectivity index (χ1) is 7.38. The van der Waals surface area contributed by atoms with Crippen LogP contribution in [0, 0.1) is 0 Å². The second-order valence-electron chi connectivity index (χ2n) is 3.88. The van der Waals surface area contributed by atoms with Crippen LogP contribution in [-0.4, -0.2) is 11.7 Å². The van der Waals surface area contributed by atoms with Gasteiger partial charge in [-0.2, -0.15) is 0 Å². The molecule has 0 saturated heterocycles. The molecule has 2 nitrogen and oxygen atoms in total. The summed E-state index contributed by atoms with van der Waals surface area (Å²) >= 11 is 0. The molecule has 0 aromatic carbocycles. The second-order valence-corrected chi connectivity index (χ2v) is 3.88. The minimum absolute atomic E-state index is 0. The van der Waals surface area contributed by atoms with E-state index in [2.05, 4.69) is 35.9 Å². The molecule has 92 valence electrons. The summed E-state index contributed by atoms with van der Waals surface area (Å²) in [6.07, 6.45) is 7.76. The lowest BCUT2D eigenvalue weighted by molar-refractivity contribution is -0.704. The summed E-state index contributed by atoms with van der Waals surface area (Å²) in [5.41, 5.74) is 1.40. The van der Waals surface area contributed by atoms with Crippen molar-refractivity contribution >= 4 is 0 Å². The van der Waals surface area contributed by atoms with Gasteiger partial charge in [-0.25, -0.2) is 4.57 Å². The van der Waals surface area contributed by atoms with E-state index >= 15 is 0 Å². The third kappa shape index (κ3) is 5.47. The summed E-state index contributed by atoms with van der Waals surface area (Å²) in [4.78, 5) is 0. The summed E-state index contributed by atoms with van der Waals surface area (Å²) in [6, 6.07) is 6.38. The van der Waals surface area contributed by atoms with Crippen LogP contribution < -0.4 is 17.0 Å². The van der Waals surface area contributed by atoms with Gasteiger partial charge < -0.3 is 17.5 Å². The fraction of sp³-hybridized carbons (Fsp3) is 0.615. The number of hydrogen-bond donors (Lipinski definition) is 1. The van der Waals surface area contributed by atoms with Crippen molar-refractivity contribution in [2.75, 3.05) is 6.61 Å². The maximum absolute atomic E-state index is 8.66. The minimum Gasteiger partial charge on any atom is -1.00 e. The van der Waals surface area contributed by atoms with Crippen LogP contribution in [0.5, 0.6) is 0 Å². The molecular weight excluding hydrogens is 222 g/mol. The van der Waals surface area contributed by atoms with E-state index in [4.69, 9.17) is 5.11 Å². The molecule has 0 saturated carbocycles. The molecule has 0 bridgehead atoms. The molecule has 0 aliphatic heterocycles. The number of rotatable bonds is 7. The van der Waals surface area contributed by atoms with Gasteiger partial charge in [0.05, 0.1) is 0 Å². The van der Waals surface area contributed by atoms with Crippen molar-refractivity contribution < 1.29 is 22.1 Å². The van der Waals surface area contributed by atoms with Crippen molar-refractivity contribution in [3.63, 3.8) is 0 Å². The van der Waals surface area contributed by atoms with Crippen LogP contribution in [0.25, 0.3) is 0 Å². The average Bonchev–Trinajstić information content (AvgIpc) is 2.29. The summed E-state index contributed by atoms with van der Waals surface area (Å²) in [5.74, 6) is 0. The molecule has 0 aliphatic carbocycles. The average molecular weight is 244 g/mol. The van der Waals surface area contributed by atoms with Gasteiger partial charge in [-0.1, -0.05) is 19.4 Å². The fourth-order valence-corrected chi connectivity index (χ4v) is 1.80. The fourth-order valence-electron chi connectivity index (χ4n) is 1.80. The molecule has 3 heteroatoms. The number of pyridine rings is 1. The highest BCUT2D eigenvalue weighted by atomic mass is 35.5. The highest BCUT2D eigenvalue weighted by molar-refractivity contribution is 4.96. The smallest absolute Gasteiger partial charge is 0.181 e. The van der Waals surface area contributed by atoms with E-state index in [1.54, 1.807) is 0 Å². The monoisotopic (exact) mass is 243 g/mol. The zero-order chi connectivity index (χ0) is 10.9. The number of aliphatic hydroxyl groups excluding tert-OH is 1. The molecule has 0 amide bonds. The van der Waals surface area contributed by atoms with Crippen molar-refractivity contribution in [3.8, 4) is 0 Å². The number of hydrogen-bond acceptors (Lipinski definition) is 1. The molecule has 16 heavy (non-hydrogen) atoms. The lowest BCUT2D eigenvalue weighted by Crippen LogP contribution is -3.00. The third-order valence-electron chi connectivity index (χ3n) is 2.70. The van der Waals surface area contributed by atoms with E-state index in [0.29, 0.717) is 6.61 Å². The van der Waals surface area contributed by atoms with Crippen molar-refractivity contribution in [1.29, 1.82) is 0 Å². The van der Waals surface area contributed by atoms with E-state index < -0.39 is 0 Å². The predicted molar refractivity (Wildman–Crippen MR) is 61.6 cm³/mol. The Balaban J connectivity index is 0.00000225. The van der Waals surface area contributed by atoms with Gasteiger partial charge in [0, 0.05) is 31.6 Å². The van der Waals surface area contributed by atoms with Crippen LogP contribution in [0.3, 0.4) is 0 Å². The first-order valence-electron chi connectivity index (χ1n) is 5.96. The quantitative estimate of drug-likeness (QED) is 0.487. The minimum atomic E-state index is 0. The SMILES string of the molecule is CCc1cccc[n+]1CCCCCCO.[Cl-]. The van der Waals surface area contributed by atoms with Crippen LogP contribution >= 0.6 is 0 Å². The zero-order valence-corrected chi connectivity index (χ0v) is 10.8. The lowest BCUT2D eigenvalue weighted by Gasteiger charge is -2.01. The van der Waals surface area contributed by atoms with Gasteiger partial charge in [0.1, 0.15) is 6.54 Å². The highest BCUT2D eigenvalue weighted by Crippen LogP contribution is 2.00. The molecule has 1 rings (SSSR count). The largest absolute Gasteiger partial charge is 1.00 e. The Labute approximate surface area is 105 Å².